The first-order chi connectivity index (χ1) is 14.2. The lowest BCUT2D eigenvalue weighted by atomic mass is 10.1. The van der Waals surface area contributed by atoms with Crippen LogP contribution in [0, 0.1) is 13.8 Å². The normalized spacial score (nSPS) is 14.6. The van der Waals surface area contributed by atoms with Gasteiger partial charge in [0.05, 0.1) is 0 Å². The maximum atomic E-state index is 4.79. The molecule has 146 valence electrons. The Labute approximate surface area is 170 Å². The van der Waals surface area contributed by atoms with Gasteiger partial charge < -0.3 is 9.80 Å². The smallest absolute Gasteiger partial charge is 0.254 e. The van der Waals surface area contributed by atoms with Crippen LogP contribution in [0.5, 0.6) is 0 Å². The molecule has 0 bridgehead atoms. The predicted molar refractivity (Wildman–Crippen MR) is 117 cm³/mol. The number of rotatable bonds is 3. The SMILES string of the molecule is Cc1ccc(-c2nc3nc(C)cc(N4CCN(c5ccccc5)CC4)n3n2)cc1. The number of benzene rings is 2. The highest BCUT2D eigenvalue weighted by molar-refractivity contribution is 5.59. The molecular formula is C23H24N6. The minimum Gasteiger partial charge on any atom is -0.368 e. The van der Waals surface area contributed by atoms with Crippen LogP contribution in [0.2, 0.25) is 0 Å². The van der Waals surface area contributed by atoms with Crippen molar-refractivity contribution in [2.75, 3.05) is 36.0 Å². The Bertz CT molecular complexity index is 1130. The Hall–Kier alpha value is -3.41. The van der Waals surface area contributed by atoms with Crippen LogP contribution in [-0.2, 0) is 0 Å². The molecule has 0 N–H and O–H groups in total. The summed E-state index contributed by atoms with van der Waals surface area (Å²) in [6, 6.07) is 21.0. The van der Waals surface area contributed by atoms with E-state index in [1.807, 2.05) is 11.4 Å². The van der Waals surface area contributed by atoms with Crippen molar-refractivity contribution in [3.05, 3.63) is 71.9 Å². The highest BCUT2D eigenvalue weighted by Gasteiger charge is 2.21. The molecule has 6 heteroatoms. The Balaban J connectivity index is 1.45. The van der Waals surface area contributed by atoms with Gasteiger partial charge in [-0.2, -0.15) is 9.50 Å². The zero-order valence-corrected chi connectivity index (χ0v) is 16.8. The van der Waals surface area contributed by atoms with E-state index in [2.05, 4.69) is 82.4 Å². The van der Waals surface area contributed by atoms with Gasteiger partial charge in [0.1, 0.15) is 5.82 Å². The zero-order chi connectivity index (χ0) is 19.8. The molecule has 0 atom stereocenters. The molecule has 0 radical (unpaired) electrons. The van der Waals surface area contributed by atoms with Gasteiger partial charge in [-0.05, 0) is 26.0 Å². The van der Waals surface area contributed by atoms with E-state index in [0.717, 1.165) is 43.3 Å². The van der Waals surface area contributed by atoms with Gasteiger partial charge in [0, 0.05) is 49.2 Å². The number of anilines is 2. The van der Waals surface area contributed by atoms with E-state index in [1.165, 1.54) is 11.3 Å². The summed E-state index contributed by atoms with van der Waals surface area (Å²) in [5, 5.41) is 4.79. The number of aromatic nitrogens is 4. The first-order valence-corrected chi connectivity index (χ1v) is 10.0. The number of para-hydroxylation sites is 1. The summed E-state index contributed by atoms with van der Waals surface area (Å²) in [5.41, 5.74) is 4.48. The minimum absolute atomic E-state index is 0.654. The summed E-state index contributed by atoms with van der Waals surface area (Å²) in [4.78, 5) is 14.1. The molecule has 5 rings (SSSR count). The van der Waals surface area contributed by atoms with Gasteiger partial charge in [-0.1, -0.05) is 48.0 Å². The van der Waals surface area contributed by atoms with Gasteiger partial charge >= 0.3 is 0 Å². The molecule has 1 fully saturated rings. The molecular weight excluding hydrogens is 360 g/mol. The molecule has 1 aliphatic rings. The van der Waals surface area contributed by atoms with Gasteiger partial charge in [-0.15, -0.1) is 5.10 Å². The molecule has 4 aromatic rings. The van der Waals surface area contributed by atoms with Crippen LogP contribution in [0.1, 0.15) is 11.3 Å². The zero-order valence-electron chi connectivity index (χ0n) is 16.8. The molecule has 0 aliphatic carbocycles. The van der Waals surface area contributed by atoms with Crippen LogP contribution in [0.3, 0.4) is 0 Å². The summed E-state index contributed by atoms with van der Waals surface area (Å²) >= 11 is 0. The van der Waals surface area contributed by atoms with Crippen LogP contribution in [0.25, 0.3) is 17.2 Å². The van der Waals surface area contributed by atoms with Crippen molar-refractivity contribution in [1.82, 2.24) is 19.6 Å². The fourth-order valence-electron chi connectivity index (χ4n) is 3.85. The number of piperazine rings is 1. The fourth-order valence-corrected chi connectivity index (χ4v) is 3.85. The summed E-state index contributed by atoms with van der Waals surface area (Å²) in [5.74, 6) is 2.43. The highest BCUT2D eigenvalue weighted by atomic mass is 15.4. The number of aryl methyl sites for hydroxylation is 2. The number of fused-ring (bicyclic) bond motifs is 1. The third kappa shape index (κ3) is 3.42. The lowest BCUT2D eigenvalue weighted by molar-refractivity contribution is 0.638. The molecule has 0 saturated carbocycles. The molecule has 3 heterocycles. The van der Waals surface area contributed by atoms with Gasteiger partial charge in [-0.3, -0.25) is 0 Å². The summed E-state index contributed by atoms with van der Waals surface area (Å²) < 4.78 is 1.89. The highest BCUT2D eigenvalue weighted by Crippen LogP contribution is 2.23. The summed E-state index contributed by atoms with van der Waals surface area (Å²) in [6.07, 6.45) is 0. The second kappa shape index (κ2) is 7.20. The molecule has 1 aliphatic heterocycles. The standard InChI is InChI=1S/C23H24N6/c1-17-8-10-19(11-9-17)22-25-23-24-18(2)16-21(29(23)26-22)28-14-12-27(13-15-28)20-6-4-3-5-7-20/h3-11,16H,12-15H2,1-2H3. The van der Waals surface area contributed by atoms with E-state index in [4.69, 9.17) is 10.1 Å². The van der Waals surface area contributed by atoms with E-state index >= 15 is 0 Å². The van der Waals surface area contributed by atoms with E-state index in [1.54, 1.807) is 0 Å². The number of hydrogen-bond acceptors (Lipinski definition) is 5. The molecule has 0 amide bonds. The fraction of sp³-hybridized carbons (Fsp3) is 0.261. The van der Waals surface area contributed by atoms with Crippen LogP contribution in [0.4, 0.5) is 11.5 Å². The number of hydrogen-bond donors (Lipinski definition) is 0. The van der Waals surface area contributed by atoms with Crippen molar-refractivity contribution in [2.24, 2.45) is 0 Å². The molecule has 0 spiro atoms. The Morgan fingerprint density at radius 3 is 2.17 bits per heavy atom. The molecule has 0 unspecified atom stereocenters. The molecule has 6 nitrogen and oxygen atoms in total. The van der Waals surface area contributed by atoms with Crippen molar-refractivity contribution in [2.45, 2.75) is 13.8 Å². The Morgan fingerprint density at radius 2 is 1.45 bits per heavy atom. The van der Waals surface area contributed by atoms with Gasteiger partial charge in [0.2, 0.25) is 0 Å². The van der Waals surface area contributed by atoms with Gasteiger partial charge in [-0.25, -0.2) is 4.98 Å². The average Bonchev–Trinajstić information content (AvgIpc) is 3.18. The van der Waals surface area contributed by atoms with E-state index in [0.29, 0.717) is 11.6 Å². The first-order valence-electron chi connectivity index (χ1n) is 10.0. The van der Waals surface area contributed by atoms with E-state index in [9.17, 15) is 0 Å². The van der Waals surface area contributed by atoms with Crippen molar-refractivity contribution in [3.8, 4) is 11.4 Å². The van der Waals surface area contributed by atoms with E-state index in [-0.39, 0.29) is 0 Å². The van der Waals surface area contributed by atoms with E-state index < -0.39 is 0 Å². The summed E-state index contributed by atoms with van der Waals surface area (Å²) in [7, 11) is 0. The Morgan fingerprint density at radius 1 is 0.759 bits per heavy atom. The quantitative estimate of drug-likeness (QED) is 0.539. The van der Waals surface area contributed by atoms with Crippen LogP contribution in [0.15, 0.2) is 60.7 Å². The molecule has 2 aromatic carbocycles. The lowest BCUT2D eigenvalue weighted by Gasteiger charge is -2.37. The predicted octanol–water partition coefficient (Wildman–Crippen LogP) is 3.73. The van der Waals surface area contributed by atoms with Crippen LogP contribution < -0.4 is 9.80 Å². The third-order valence-electron chi connectivity index (χ3n) is 5.46. The summed E-state index contributed by atoms with van der Waals surface area (Å²) in [6.45, 7) is 7.93. The number of nitrogens with zero attached hydrogens (tertiary/aromatic N) is 6. The van der Waals surface area contributed by atoms with Crippen molar-refractivity contribution in [3.63, 3.8) is 0 Å². The molecule has 29 heavy (non-hydrogen) atoms. The second-order valence-electron chi connectivity index (χ2n) is 7.58. The third-order valence-corrected chi connectivity index (χ3v) is 5.46. The van der Waals surface area contributed by atoms with Gasteiger partial charge in [0.25, 0.3) is 5.78 Å². The van der Waals surface area contributed by atoms with Crippen molar-refractivity contribution in [1.29, 1.82) is 0 Å². The monoisotopic (exact) mass is 384 g/mol. The largest absolute Gasteiger partial charge is 0.368 e. The van der Waals surface area contributed by atoms with Crippen molar-refractivity contribution >= 4 is 17.3 Å². The minimum atomic E-state index is 0.654. The maximum absolute atomic E-state index is 4.79. The van der Waals surface area contributed by atoms with Crippen LogP contribution >= 0.6 is 0 Å². The first kappa shape index (κ1) is 17.7. The second-order valence-corrected chi connectivity index (χ2v) is 7.58. The van der Waals surface area contributed by atoms with Crippen LogP contribution in [-0.4, -0.2) is 45.8 Å². The Kier molecular flexibility index (Phi) is 4.39. The average molecular weight is 384 g/mol. The topological polar surface area (TPSA) is 49.6 Å². The lowest BCUT2D eigenvalue weighted by Crippen LogP contribution is -2.47. The maximum Gasteiger partial charge on any atom is 0.254 e. The molecule has 1 saturated heterocycles. The molecule has 2 aromatic heterocycles. The van der Waals surface area contributed by atoms with Crippen molar-refractivity contribution < 1.29 is 0 Å². The van der Waals surface area contributed by atoms with Gasteiger partial charge in [0.15, 0.2) is 5.82 Å².